The van der Waals surface area contributed by atoms with Gasteiger partial charge in [0.25, 0.3) is 0 Å². The zero-order valence-corrected chi connectivity index (χ0v) is 11.6. The van der Waals surface area contributed by atoms with Gasteiger partial charge in [-0.2, -0.15) is 5.10 Å². The molecule has 0 radical (unpaired) electrons. The van der Waals surface area contributed by atoms with E-state index < -0.39 is 0 Å². The Morgan fingerprint density at radius 3 is 2.50 bits per heavy atom. The maximum Gasteiger partial charge on any atom is 0.200 e. The van der Waals surface area contributed by atoms with Crippen LogP contribution in [0.5, 0.6) is 0 Å². The summed E-state index contributed by atoms with van der Waals surface area (Å²) in [4.78, 5) is 0. The molecule has 3 nitrogen and oxygen atoms in total. The first-order chi connectivity index (χ1) is 9.66. The van der Waals surface area contributed by atoms with Gasteiger partial charge in [-0.3, -0.25) is 9.67 Å². The van der Waals surface area contributed by atoms with Gasteiger partial charge in [-0.15, -0.1) is 0 Å². The van der Waals surface area contributed by atoms with Gasteiger partial charge < -0.3 is 0 Å². The molecule has 0 spiro atoms. The van der Waals surface area contributed by atoms with E-state index in [9.17, 15) is 4.39 Å². The number of aromatic amines is 1. The van der Waals surface area contributed by atoms with Gasteiger partial charge in [-0.05, 0) is 43.4 Å². The fraction of sp³-hybridized carbons (Fsp3) is 0.0667. The molecule has 0 aliphatic carbocycles. The van der Waals surface area contributed by atoms with Crippen LogP contribution in [0.2, 0.25) is 0 Å². The molecule has 0 fully saturated rings. The van der Waals surface area contributed by atoms with Gasteiger partial charge in [0.2, 0.25) is 0 Å². The molecule has 1 heterocycles. The molecule has 20 heavy (non-hydrogen) atoms. The second-order valence-corrected chi connectivity index (χ2v) is 4.89. The van der Waals surface area contributed by atoms with Gasteiger partial charge in [-0.1, -0.05) is 29.8 Å². The highest BCUT2D eigenvalue weighted by atomic mass is 32.1. The highest BCUT2D eigenvalue weighted by Gasteiger charge is 2.13. The average Bonchev–Trinajstić information content (AvgIpc) is 2.82. The number of hydrogen-bond acceptors (Lipinski definition) is 2. The van der Waals surface area contributed by atoms with Crippen LogP contribution in [0.25, 0.3) is 17.1 Å². The van der Waals surface area contributed by atoms with Gasteiger partial charge in [-0.25, -0.2) is 4.39 Å². The summed E-state index contributed by atoms with van der Waals surface area (Å²) in [6.45, 7) is 2.01. The zero-order chi connectivity index (χ0) is 14.1. The lowest BCUT2D eigenvalue weighted by atomic mass is 10.2. The number of rotatable bonds is 2. The third-order valence-electron chi connectivity index (χ3n) is 3.08. The van der Waals surface area contributed by atoms with Crippen molar-refractivity contribution in [3.63, 3.8) is 0 Å². The summed E-state index contributed by atoms with van der Waals surface area (Å²) in [6.07, 6.45) is 0. The van der Waals surface area contributed by atoms with Gasteiger partial charge in [0.15, 0.2) is 10.6 Å². The summed E-state index contributed by atoms with van der Waals surface area (Å²) in [6, 6.07) is 14.4. The summed E-state index contributed by atoms with van der Waals surface area (Å²) in [5.74, 6) is 0.145. The maximum absolute atomic E-state index is 13.9. The summed E-state index contributed by atoms with van der Waals surface area (Å²) in [5.41, 5.74) is 2.42. The van der Waals surface area contributed by atoms with E-state index >= 15 is 0 Å². The summed E-state index contributed by atoms with van der Waals surface area (Å²) >= 11 is 5.25. The Labute approximate surface area is 120 Å². The van der Waals surface area contributed by atoms with Crippen LogP contribution in [0.15, 0.2) is 48.5 Å². The van der Waals surface area contributed by atoms with E-state index in [-0.39, 0.29) is 5.82 Å². The van der Waals surface area contributed by atoms with Crippen LogP contribution in [-0.4, -0.2) is 14.8 Å². The Morgan fingerprint density at radius 1 is 1.10 bits per heavy atom. The van der Waals surface area contributed by atoms with Crippen molar-refractivity contribution in [1.82, 2.24) is 14.8 Å². The largest absolute Gasteiger partial charge is 0.268 e. The van der Waals surface area contributed by atoms with Crippen LogP contribution in [0, 0.1) is 17.5 Å². The number of H-pyrrole nitrogens is 1. The molecular formula is C15H12FN3S. The number of nitrogens with zero attached hydrogens (tertiary/aromatic N) is 2. The van der Waals surface area contributed by atoms with Gasteiger partial charge >= 0.3 is 0 Å². The standard InChI is InChI=1S/C15H12FN3S/c1-10-6-8-11(9-7-10)19-14(17-18-15(19)20)12-4-2-3-5-13(12)16/h2-9H,1H3,(H,18,20). The number of halogens is 1. The molecule has 3 rings (SSSR count). The van der Waals surface area contributed by atoms with E-state index in [4.69, 9.17) is 12.2 Å². The number of aryl methyl sites for hydroxylation is 1. The van der Waals surface area contributed by atoms with Crippen molar-refractivity contribution in [3.05, 3.63) is 64.7 Å². The first-order valence-electron chi connectivity index (χ1n) is 6.16. The quantitative estimate of drug-likeness (QED) is 0.721. The fourth-order valence-corrected chi connectivity index (χ4v) is 2.29. The Bertz CT molecular complexity index is 802. The maximum atomic E-state index is 13.9. The van der Waals surface area contributed by atoms with E-state index in [1.54, 1.807) is 22.8 Å². The van der Waals surface area contributed by atoms with E-state index in [1.807, 2.05) is 31.2 Å². The lowest BCUT2D eigenvalue weighted by Gasteiger charge is -2.07. The Kier molecular flexibility index (Phi) is 3.20. The minimum Gasteiger partial charge on any atom is -0.268 e. The van der Waals surface area contributed by atoms with Crippen LogP contribution in [0.1, 0.15) is 5.56 Å². The SMILES string of the molecule is Cc1ccc(-n2c(-c3ccccc3F)n[nH]c2=S)cc1. The molecule has 100 valence electrons. The number of aromatic nitrogens is 3. The monoisotopic (exact) mass is 285 g/mol. The highest BCUT2D eigenvalue weighted by molar-refractivity contribution is 7.71. The summed E-state index contributed by atoms with van der Waals surface area (Å²) < 4.78 is 16.1. The Morgan fingerprint density at radius 2 is 1.80 bits per heavy atom. The van der Waals surface area contributed by atoms with Gasteiger partial charge in [0.1, 0.15) is 5.82 Å². The highest BCUT2D eigenvalue weighted by Crippen LogP contribution is 2.23. The predicted octanol–water partition coefficient (Wildman–Crippen LogP) is 4.04. The van der Waals surface area contributed by atoms with Gasteiger partial charge in [0, 0.05) is 5.69 Å². The van der Waals surface area contributed by atoms with E-state index in [0.29, 0.717) is 16.2 Å². The molecule has 5 heteroatoms. The molecule has 1 aromatic heterocycles. The first kappa shape index (κ1) is 12.7. The zero-order valence-electron chi connectivity index (χ0n) is 10.8. The van der Waals surface area contributed by atoms with Crippen molar-refractivity contribution in [3.8, 4) is 17.1 Å². The molecule has 0 saturated carbocycles. The van der Waals surface area contributed by atoms with Crippen molar-refractivity contribution >= 4 is 12.2 Å². The van der Waals surface area contributed by atoms with Crippen LogP contribution in [-0.2, 0) is 0 Å². The average molecular weight is 285 g/mol. The second-order valence-electron chi connectivity index (χ2n) is 4.50. The van der Waals surface area contributed by atoms with Crippen molar-refractivity contribution in [2.45, 2.75) is 6.92 Å². The first-order valence-corrected chi connectivity index (χ1v) is 6.57. The third kappa shape index (κ3) is 2.16. The van der Waals surface area contributed by atoms with Crippen LogP contribution in [0.3, 0.4) is 0 Å². The molecule has 0 unspecified atom stereocenters. The third-order valence-corrected chi connectivity index (χ3v) is 3.35. The molecule has 0 amide bonds. The summed E-state index contributed by atoms with van der Waals surface area (Å²) in [7, 11) is 0. The Balaban J connectivity index is 2.23. The lowest BCUT2D eigenvalue weighted by molar-refractivity contribution is 0.629. The molecule has 0 aliphatic rings. The molecular weight excluding hydrogens is 273 g/mol. The number of benzene rings is 2. The molecule has 0 bridgehead atoms. The molecule has 0 atom stereocenters. The smallest absolute Gasteiger partial charge is 0.200 e. The van der Waals surface area contributed by atoms with Crippen LogP contribution < -0.4 is 0 Å². The van der Waals surface area contributed by atoms with E-state index in [1.165, 1.54) is 6.07 Å². The van der Waals surface area contributed by atoms with E-state index in [2.05, 4.69) is 10.2 Å². The minimum absolute atomic E-state index is 0.324. The summed E-state index contributed by atoms with van der Waals surface area (Å²) in [5, 5.41) is 6.88. The number of hydrogen-bond donors (Lipinski definition) is 1. The normalized spacial score (nSPS) is 10.7. The molecule has 1 N–H and O–H groups in total. The molecule has 2 aromatic carbocycles. The second kappa shape index (κ2) is 5.02. The van der Waals surface area contributed by atoms with Crippen molar-refractivity contribution in [2.75, 3.05) is 0 Å². The van der Waals surface area contributed by atoms with Crippen molar-refractivity contribution < 1.29 is 4.39 Å². The fourth-order valence-electron chi connectivity index (χ4n) is 2.05. The Hall–Kier alpha value is -2.27. The van der Waals surface area contributed by atoms with E-state index in [0.717, 1.165) is 11.3 Å². The van der Waals surface area contributed by atoms with Gasteiger partial charge in [0.05, 0.1) is 5.56 Å². The number of nitrogens with one attached hydrogen (secondary N) is 1. The van der Waals surface area contributed by atoms with Crippen molar-refractivity contribution in [1.29, 1.82) is 0 Å². The molecule has 3 aromatic rings. The topological polar surface area (TPSA) is 33.6 Å². The lowest BCUT2D eigenvalue weighted by Crippen LogP contribution is -1.99. The van der Waals surface area contributed by atoms with Crippen LogP contribution in [0.4, 0.5) is 4.39 Å². The minimum atomic E-state index is -0.324. The molecule has 0 aliphatic heterocycles. The van der Waals surface area contributed by atoms with Crippen LogP contribution >= 0.6 is 12.2 Å². The van der Waals surface area contributed by atoms with Crippen molar-refractivity contribution in [2.24, 2.45) is 0 Å². The predicted molar refractivity (Wildman–Crippen MR) is 78.9 cm³/mol. The molecule has 0 saturated heterocycles.